The van der Waals surface area contributed by atoms with Crippen LogP contribution in [0.2, 0.25) is 0 Å². The molecular weight excluding hydrogens is 472 g/mol. The van der Waals surface area contributed by atoms with E-state index in [0.717, 1.165) is 5.56 Å². The van der Waals surface area contributed by atoms with Gasteiger partial charge in [0.15, 0.2) is 0 Å². The van der Waals surface area contributed by atoms with Gasteiger partial charge in [0.1, 0.15) is 17.7 Å². The third-order valence-corrected chi connectivity index (χ3v) is 5.28. The number of hydrogen-bond donors (Lipinski definition) is 3. The van der Waals surface area contributed by atoms with Crippen LogP contribution in [0.4, 0.5) is 4.79 Å². The molecule has 2 aromatic carbocycles. The molecule has 0 spiro atoms. The summed E-state index contributed by atoms with van der Waals surface area (Å²) in [6.45, 7) is 7.05. The predicted octanol–water partition coefficient (Wildman–Crippen LogP) is 2.64. The van der Waals surface area contributed by atoms with Crippen molar-refractivity contribution >= 4 is 23.8 Å². The lowest BCUT2D eigenvalue weighted by Crippen LogP contribution is -2.54. The third-order valence-electron chi connectivity index (χ3n) is 5.28. The highest BCUT2D eigenvalue weighted by Crippen LogP contribution is 2.24. The molecule has 0 saturated heterocycles. The molecule has 37 heavy (non-hydrogen) atoms. The standard InChI is InChI=1S/C28H34N4O5/c1-6-19-13-15-21(16-14-19)24(25(34)30-18-20-11-9-8-10-12-20)32(7-2)26(35)22(17-23(29)33)31-27(36)37-28(3,4)5/h1,8-16,22,24H,7,17-18H2,2-5H3,(H2,29,33)(H,30,34)(H,31,36). The first kappa shape index (κ1) is 28.9. The van der Waals surface area contributed by atoms with Crippen molar-refractivity contribution in [2.45, 2.75) is 58.3 Å². The second-order valence-electron chi connectivity index (χ2n) is 9.37. The van der Waals surface area contributed by atoms with Crippen molar-refractivity contribution in [2.75, 3.05) is 6.54 Å². The van der Waals surface area contributed by atoms with Crippen LogP contribution in [-0.4, -0.2) is 46.9 Å². The van der Waals surface area contributed by atoms with E-state index in [-0.39, 0.29) is 13.1 Å². The molecule has 2 unspecified atom stereocenters. The number of hydrogen-bond acceptors (Lipinski definition) is 5. The summed E-state index contributed by atoms with van der Waals surface area (Å²) in [6, 6.07) is 13.6. The molecule has 0 bridgehead atoms. The first-order chi connectivity index (χ1) is 17.4. The van der Waals surface area contributed by atoms with Gasteiger partial charge >= 0.3 is 6.09 Å². The summed E-state index contributed by atoms with van der Waals surface area (Å²) in [5.41, 5.74) is 6.54. The molecule has 0 heterocycles. The minimum atomic E-state index is -1.33. The second-order valence-corrected chi connectivity index (χ2v) is 9.37. The third kappa shape index (κ3) is 9.00. The van der Waals surface area contributed by atoms with Gasteiger partial charge in [-0.3, -0.25) is 14.4 Å². The maximum atomic E-state index is 13.7. The van der Waals surface area contributed by atoms with E-state index in [1.165, 1.54) is 4.90 Å². The number of alkyl carbamates (subject to hydrolysis) is 1. The van der Waals surface area contributed by atoms with Gasteiger partial charge in [-0.2, -0.15) is 0 Å². The van der Waals surface area contributed by atoms with Crippen molar-refractivity contribution in [3.63, 3.8) is 0 Å². The zero-order valence-electron chi connectivity index (χ0n) is 21.6. The molecule has 4 amide bonds. The van der Waals surface area contributed by atoms with E-state index >= 15 is 0 Å². The summed E-state index contributed by atoms with van der Waals surface area (Å²) < 4.78 is 5.25. The quantitative estimate of drug-likeness (QED) is 0.427. The average molecular weight is 507 g/mol. The van der Waals surface area contributed by atoms with Crippen molar-refractivity contribution in [3.8, 4) is 12.3 Å². The van der Waals surface area contributed by atoms with Gasteiger partial charge in [0.2, 0.25) is 17.7 Å². The maximum Gasteiger partial charge on any atom is 0.408 e. The Bertz CT molecular complexity index is 1130. The van der Waals surface area contributed by atoms with Crippen LogP contribution in [0, 0.1) is 12.3 Å². The number of carbonyl (C=O) groups excluding carboxylic acids is 4. The smallest absolute Gasteiger partial charge is 0.408 e. The number of amides is 4. The fraction of sp³-hybridized carbons (Fsp3) is 0.357. The van der Waals surface area contributed by atoms with E-state index in [4.69, 9.17) is 16.9 Å². The van der Waals surface area contributed by atoms with Gasteiger partial charge in [-0.1, -0.05) is 48.4 Å². The van der Waals surface area contributed by atoms with Crippen LogP contribution in [0.5, 0.6) is 0 Å². The predicted molar refractivity (Wildman–Crippen MR) is 140 cm³/mol. The number of nitrogens with zero attached hydrogens (tertiary/aromatic N) is 1. The van der Waals surface area contributed by atoms with Crippen molar-refractivity contribution in [1.29, 1.82) is 0 Å². The lowest BCUT2D eigenvalue weighted by Gasteiger charge is -2.33. The van der Waals surface area contributed by atoms with Crippen LogP contribution in [0.25, 0.3) is 0 Å². The topological polar surface area (TPSA) is 131 Å². The van der Waals surface area contributed by atoms with Crippen molar-refractivity contribution in [1.82, 2.24) is 15.5 Å². The molecule has 0 fully saturated rings. The summed E-state index contributed by atoms with van der Waals surface area (Å²) in [7, 11) is 0. The van der Waals surface area contributed by atoms with Crippen LogP contribution < -0.4 is 16.4 Å². The number of rotatable bonds is 10. The fourth-order valence-electron chi connectivity index (χ4n) is 3.63. The van der Waals surface area contributed by atoms with E-state index < -0.39 is 47.9 Å². The molecule has 2 atom stereocenters. The molecule has 4 N–H and O–H groups in total. The number of terminal acetylenes is 1. The summed E-state index contributed by atoms with van der Waals surface area (Å²) >= 11 is 0. The average Bonchev–Trinajstić information content (AvgIpc) is 2.84. The van der Waals surface area contributed by atoms with Crippen LogP contribution in [0.1, 0.15) is 56.8 Å². The first-order valence-corrected chi connectivity index (χ1v) is 11.9. The minimum Gasteiger partial charge on any atom is -0.444 e. The summed E-state index contributed by atoms with van der Waals surface area (Å²) in [5.74, 6) is 0.623. The van der Waals surface area contributed by atoms with E-state index in [9.17, 15) is 19.2 Å². The lowest BCUT2D eigenvalue weighted by atomic mass is 10.0. The lowest BCUT2D eigenvalue weighted by molar-refractivity contribution is -0.143. The molecule has 2 rings (SSSR count). The highest BCUT2D eigenvalue weighted by Gasteiger charge is 2.36. The zero-order valence-corrected chi connectivity index (χ0v) is 21.6. The molecule has 2 aromatic rings. The number of nitrogens with two attached hydrogens (primary N) is 1. The number of carbonyl (C=O) groups is 4. The molecule has 0 aliphatic heterocycles. The Morgan fingerprint density at radius 1 is 1.05 bits per heavy atom. The Balaban J connectivity index is 2.40. The van der Waals surface area contributed by atoms with E-state index in [1.807, 2.05) is 30.3 Å². The molecule has 0 radical (unpaired) electrons. The number of primary amides is 1. The molecule has 0 saturated carbocycles. The Morgan fingerprint density at radius 2 is 1.68 bits per heavy atom. The van der Waals surface area contributed by atoms with Gasteiger partial charge in [-0.05, 0) is 51.0 Å². The van der Waals surface area contributed by atoms with Gasteiger partial charge in [0, 0.05) is 18.7 Å². The van der Waals surface area contributed by atoms with Gasteiger partial charge in [0.05, 0.1) is 6.42 Å². The Hall–Kier alpha value is -4.32. The normalized spacial score (nSPS) is 12.4. The molecule has 9 nitrogen and oxygen atoms in total. The monoisotopic (exact) mass is 506 g/mol. The first-order valence-electron chi connectivity index (χ1n) is 11.9. The Morgan fingerprint density at radius 3 is 2.19 bits per heavy atom. The van der Waals surface area contributed by atoms with Gasteiger partial charge in [0.25, 0.3) is 0 Å². The minimum absolute atomic E-state index is 0.102. The van der Waals surface area contributed by atoms with Gasteiger partial charge < -0.3 is 26.0 Å². The van der Waals surface area contributed by atoms with Crippen LogP contribution in [-0.2, 0) is 25.7 Å². The Kier molecular flexibility index (Phi) is 10.3. The fourth-order valence-corrected chi connectivity index (χ4v) is 3.63. The van der Waals surface area contributed by atoms with Crippen molar-refractivity contribution < 1.29 is 23.9 Å². The Labute approximate surface area is 217 Å². The summed E-state index contributed by atoms with van der Waals surface area (Å²) in [5, 5.41) is 5.30. The van der Waals surface area contributed by atoms with Crippen LogP contribution in [0.3, 0.4) is 0 Å². The molecule has 0 aromatic heterocycles. The number of nitrogens with one attached hydrogen (secondary N) is 2. The van der Waals surface area contributed by atoms with Crippen molar-refractivity contribution in [3.05, 3.63) is 71.3 Å². The van der Waals surface area contributed by atoms with Crippen LogP contribution in [0.15, 0.2) is 54.6 Å². The molecule has 196 valence electrons. The van der Waals surface area contributed by atoms with Gasteiger partial charge in [-0.25, -0.2) is 4.79 Å². The molecule has 0 aliphatic carbocycles. The maximum absolute atomic E-state index is 13.7. The van der Waals surface area contributed by atoms with E-state index in [2.05, 4.69) is 16.6 Å². The summed E-state index contributed by atoms with van der Waals surface area (Å²) in [4.78, 5) is 52.6. The van der Waals surface area contributed by atoms with Crippen molar-refractivity contribution in [2.24, 2.45) is 5.73 Å². The second kappa shape index (κ2) is 13.1. The number of ether oxygens (including phenoxy) is 1. The number of likely N-dealkylation sites (N-methyl/N-ethyl adjacent to an activating group) is 1. The number of benzene rings is 2. The highest BCUT2D eigenvalue weighted by molar-refractivity contribution is 5.94. The molecule has 9 heteroatoms. The molecule has 0 aliphatic rings. The summed E-state index contributed by atoms with van der Waals surface area (Å²) in [6.07, 6.45) is 4.12. The largest absolute Gasteiger partial charge is 0.444 e. The van der Waals surface area contributed by atoms with Gasteiger partial charge in [-0.15, -0.1) is 6.42 Å². The highest BCUT2D eigenvalue weighted by atomic mass is 16.6. The molecular formula is C28H34N4O5. The van der Waals surface area contributed by atoms with E-state index in [1.54, 1.807) is 52.0 Å². The van der Waals surface area contributed by atoms with Crippen LogP contribution >= 0.6 is 0 Å². The zero-order chi connectivity index (χ0) is 27.6. The van der Waals surface area contributed by atoms with E-state index in [0.29, 0.717) is 11.1 Å². The SMILES string of the molecule is C#Cc1ccc(C(C(=O)NCc2ccccc2)N(CC)C(=O)C(CC(N)=O)NC(=O)OC(C)(C)C)cc1.